The van der Waals surface area contributed by atoms with Crippen LogP contribution < -0.4 is 11.3 Å². The van der Waals surface area contributed by atoms with E-state index in [1.165, 1.54) is 33.8 Å². The molecule has 2 rings (SSSR count). The van der Waals surface area contributed by atoms with E-state index < -0.39 is 9.84 Å². The molecular weight excluding hydrogens is 268 g/mol. The number of nitrogens with two attached hydrogens (primary N) is 1. The molecule has 0 saturated carbocycles. The van der Waals surface area contributed by atoms with Crippen LogP contribution in [0.1, 0.15) is 0 Å². The fraction of sp³-hybridized carbons (Fsp3) is 0.273. The molecule has 0 radical (unpaired) electrons. The molecule has 19 heavy (non-hydrogen) atoms. The number of anilines is 1. The lowest BCUT2D eigenvalue weighted by molar-refractivity contribution is 0.523. The summed E-state index contributed by atoms with van der Waals surface area (Å²) in [5, 5.41) is 3.94. The lowest BCUT2D eigenvalue weighted by atomic mass is 10.4. The van der Waals surface area contributed by atoms with Gasteiger partial charge in [-0.05, 0) is 6.07 Å². The Balaban J connectivity index is 2.13. The molecular formula is C11H14N4O3S. The van der Waals surface area contributed by atoms with Crippen molar-refractivity contribution < 1.29 is 8.42 Å². The zero-order chi connectivity index (χ0) is 14.0. The van der Waals surface area contributed by atoms with Crippen LogP contribution in [0.3, 0.4) is 0 Å². The summed E-state index contributed by atoms with van der Waals surface area (Å²) in [6.45, 7) is 0.758. The zero-order valence-electron chi connectivity index (χ0n) is 10.4. The van der Waals surface area contributed by atoms with E-state index in [2.05, 4.69) is 5.10 Å². The van der Waals surface area contributed by atoms with Gasteiger partial charge in [0.1, 0.15) is 4.90 Å². The number of aryl methyl sites for hydroxylation is 2. The van der Waals surface area contributed by atoms with Crippen LogP contribution in [0, 0.1) is 0 Å². The Kier molecular flexibility index (Phi) is 3.43. The maximum Gasteiger partial charge on any atom is 0.250 e. The number of sulfone groups is 1. The lowest BCUT2D eigenvalue weighted by Crippen LogP contribution is -2.21. The highest BCUT2D eigenvalue weighted by atomic mass is 32.2. The molecule has 0 aromatic carbocycles. The molecule has 2 aromatic heterocycles. The molecule has 0 aliphatic rings. The largest absolute Gasteiger partial charge is 0.398 e. The van der Waals surface area contributed by atoms with Crippen LogP contribution in [-0.4, -0.2) is 29.0 Å². The Morgan fingerprint density at radius 3 is 2.63 bits per heavy atom. The molecule has 0 spiro atoms. The fourth-order valence-corrected chi connectivity index (χ4v) is 2.14. The summed E-state index contributed by atoms with van der Waals surface area (Å²) in [6.07, 6.45) is 5.39. The van der Waals surface area contributed by atoms with Crippen molar-refractivity contribution in [2.24, 2.45) is 0 Å². The molecule has 0 aliphatic heterocycles. The molecule has 0 fully saturated rings. The van der Waals surface area contributed by atoms with E-state index >= 15 is 0 Å². The van der Waals surface area contributed by atoms with Crippen molar-refractivity contribution in [1.29, 1.82) is 0 Å². The Morgan fingerprint density at radius 1 is 1.26 bits per heavy atom. The minimum Gasteiger partial charge on any atom is -0.398 e. The predicted octanol–water partition coefficient (Wildman–Crippen LogP) is -0.269. The SMILES string of the molecule is CS(=O)(=O)c1cnn(CCn2cc(N)ccc2=O)c1. The van der Waals surface area contributed by atoms with Gasteiger partial charge in [0.05, 0.1) is 12.7 Å². The van der Waals surface area contributed by atoms with E-state index in [-0.39, 0.29) is 10.5 Å². The highest BCUT2D eigenvalue weighted by molar-refractivity contribution is 7.90. The normalized spacial score (nSPS) is 11.6. The smallest absolute Gasteiger partial charge is 0.250 e. The van der Waals surface area contributed by atoms with Crippen molar-refractivity contribution in [3.05, 3.63) is 41.1 Å². The topological polar surface area (TPSA) is 100.0 Å². The zero-order valence-corrected chi connectivity index (χ0v) is 11.2. The minimum absolute atomic E-state index is 0.160. The number of nitrogens with zero attached hydrogens (tertiary/aromatic N) is 3. The molecule has 0 amide bonds. The molecule has 2 aromatic rings. The molecule has 2 heterocycles. The molecule has 0 atom stereocenters. The van der Waals surface area contributed by atoms with E-state index in [1.807, 2.05) is 0 Å². The van der Waals surface area contributed by atoms with Gasteiger partial charge in [-0.2, -0.15) is 5.10 Å². The third kappa shape index (κ3) is 3.22. The Bertz CT molecular complexity index is 745. The minimum atomic E-state index is -3.25. The van der Waals surface area contributed by atoms with Crippen LogP contribution in [0.4, 0.5) is 5.69 Å². The lowest BCUT2D eigenvalue weighted by Gasteiger charge is -2.06. The van der Waals surface area contributed by atoms with Gasteiger partial charge in [-0.3, -0.25) is 9.48 Å². The monoisotopic (exact) mass is 282 g/mol. The van der Waals surface area contributed by atoms with E-state index in [0.29, 0.717) is 18.8 Å². The number of aromatic nitrogens is 3. The predicted molar refractivity (Wildman–Crippen MR) is 70.5 cm³/mol. The maximum absolute atomic E-state index is 11.5. The van der Waals surface area contributed by atoms with Crippen LogP contribution >= 0.6 is 0 Å². The van der Waals surface area contributed by atoms with Gasteiger partial charge in [-0.15, -0.1) is 0 Å². The van der Waals surface area contributed by atoms with Crippen molar-refractivity contribution in [2.75, 3.05) is 12.0 Å². The highest BCUT2D eigenvalue weighted by Gasteiger charge is 2.09. The number of hydrogen-bond acceptors (Lipinski definition) is 5. The first kappa shape index (κ1) is 13.3. The van der Waals surface area contributed by atoms with Gasteiger partial charge in [0.25, 0.3) is 5.56 Å². The standard InChI is InChI=1S/C11H14N4O3S/c1-19(17,18)10-6-13-15(8-10)5-4-14-7-9(12)2-3-11(14)16/h2-3,6-8H,4-5,12H2,1H3. The van der Waals surface area contributed by atoms with Crippen LogP contribution in [0.25, 0.3) is 0 Å². The number of hydrogen-bond donors (Lipinski definition) is 1. The van der Waals surface area contributed by atoms with Crippen molar-refractivity contribution in [3.8, 4) is 0 Å². The summed E-state index contributed by atoms with van der Waals surface area (Å²) in [7, 11) is -3.25. The van der Waals surface area contributed by atoms with Crippen molar-refractivity contribution in [1.82, 2.24) is 14.3 Å². The molecule has 2 N–H and O–H groups in total. The van der Waals surface area contributed by atoms with Crippen LogP contribution in [0.2, 0.25) is 0 Å². The highest BCUT2D eigenvalue weighted by Crippen LogP contribution is 2.06. The van der Waals surface area contributed by atoms with Gasteiger partial charge >= 0.3 is 0 Å². The van der Waals surface area contributed by atoms with Crippen molar-refractivity contribution in [3.63, 3.8) is 0 Å². The summed E-state index contributed by atoms with van der Waals surface area (Å²) >= 11 is 0. The Hall–Kier alpha value is -2.09. The molecule has 8 heteroatoms. The first-order chi connectivity index (χ1) is 8.86. The van der Waals surface area contributed by atoms with Gasteiger partial charge in [0.2, 0.25) is 0 Å². The van der Waals surface area contributed by atoms with E-state index in [4.69, 9.17) is 5.73 Å². The molecule has 0 bridgehead atoms. The van der Waals surface area contributed by atoms with Crippen LogP contribution in [0.5, 0.6) is 0 Å². The van der Waals surface area contributed by atoms with Crippen molar-refractivity contribution >= 4 is 15.5 Å². The summed E-state index contributed by atoms with van der Waals surface area (Å²) in [4.78, 5) is 11.7. The van der Waals surface area contributed by atoms with Crippen LogP contribution in [0.15, 0.2) is 40.4 Å². The second-order valence-electron chi connectivity index (χ2n) is 4.21. The summed E-state index contributed by atoms with van der Waals surface area (Å²) in [5.74, 6) is 0. The summed E-state index contributed by atoms with van der Waals surface area (Å²) in [5.41, 5.74) is 5.93. The van der Waals surface area contributed by atoms with Gasteiger partial charge in [0, 0.05) is 36.9 Å². The van der Waals surface area contributed by atoms with Gasteiger partial charge in [-0.1, -0.05) is 0 Å². The maximum atomic E-state index is 11.5. The van der Waals surface area contributed by atoms with E-state index in [9.17, 15) is 13.2 Å². The summed E-state index contributed by atoms with van der Waals surface area (Å²) in [6, 6.07) is 2.93. The number of rotatable bonds is 4. The quantitative estimate of drug-likeness (QED) is 0.832. The molecule has 0 unspecified atom stereocenters. The van der Waals surface area contributed by atoms with Crippen molar-refractivity contribution in [2.45, 2.75) is 18.0 Å². The Labute approximate surface area is 110 Å². The Morgan fingerprint density at radius 2 is 2.00 bits per heavy atom. The van der Waals surface area contributed by atoms with E-state index in [1.54, 1.807) is 6.20 Å². The average Bonchev–Trinajstić information content (AvgIpc) is 2.79. The average molecular weight is 282 g/mol. The molecule has 102 valence electrons. The number of pyridine rings is 1. The molecule has 0 aliphatic carbocycles. The second kappa shape index (κ2) is 4.88. The molecule has 0 saturated heterocycles. The second-order valence-corrected chi connectivity index (χ2v) is 6.22. The first-order valence-corrected chi connectivity index (χ1v) is 7.44. The first-order valence-electron chi connectivity index (χ1n) is 5.55. The fourth-order valence-electron chi connectivity index (χ4n) is 1.59. The molecule has 7 nitrogen and oxygen atoms in total. The summed E-state index contributed by atoms with van der Waals surface area (Å²) < 4.78 is 25.5. The third-order valence-corrected chi connectivity index (χ3v) is 3.68. The van der Waals surface area contributed by atoms with Gasteiger partial charge < -0.3 is 10.3 Å². The van der Waals surface area contributed by atoms with E-state index in [0.717, 1.165) is 6.26 Å². The van der Waals surface area contributed by atoms with Gasteiger partial charge in [0.15, 0.2) is 9.84 Å². The van der Waals surface area contributed by atoms with Gasteiger partial charge in [-0.25, -0.2) is 8.42 Å². The number of nitrogen functional groups attached to an aromatic ring is 1. The third-order valence-electron chi connectivity index (χ3n) is 2.61. The van der Waals surface area contributed by atoms with Crippen LogP contribution in [-0.2, 0) is 22.9 Å².